The first-order valence-electron chi connectivity index (χ1n) is 5.90. The SMILES string of the molecule is Cc1cc(C)c(C(=O)C2CCCC2)c(F)c1. The van der Waals surface area contributed by atoms with E-state index in [9.17, 15) is 9.18 Å². The highest BCUT2D eigenvalue weighted by atomic mass is 19.1. The van der Waals surface area contributed by atoms with Crippen molar-refractivity contribution < 1.29 is 9.18 Å². The van der Waals surface area contributed by atoms with E-state index in [1.807, 2.05) is 19.9 Å². The molecule has 16 heavy (non-hydrogen) atoms. The summed E-state index contributed by atoms with van der Waals surface area (Å²) >= 11 is 0. The first-order valence-corrected chi connectivity index (χ1v) is 5.90. The van der Waals surface area contributed by atoms with Gasteiger partial charge in [0.25, 0.3) is 0 Å². The minimum absolute atomic E-state index is 0.00694. The lowest BCUT2D eigenvalue weighted by Crippen LogP contribution is -2.14. The molecule has 0 spiro atoms. The standard InChI is InChI=1S/C14H17FO/c1-9-7-10(2)13(12(15)8-9)14(16)11-5-3-4-6-11/h7-8,11H,3-6H2,1-2H3. The maximum atomic E-state index is 13.8. The second-order valence-electron chi connectivity index (χ2n) is 4.78. The summed E-state index contributed by atoms with van der Waals surface area (Å²) in [4.78, 5) is 12.2. The van der Waals surface area contributed by atoms with Gasteiger partial charge in [-0.1, -0.05) is 18.9 Å². The molecular formula is C14H17FO. The van der Waals surface area contributed by atoms with E-state index in [0.717, 1.165) is 36.8 Å². The van der Waals surface area contributed by atoms with Crippen molar-refractivity contribution in [3.05, 3.63) is 34.6 Å². The number of Topliss-reactive ketones (excluding diaryl/α,β-unsaturated/α-hetero) is 1. The van der Waals surface area contributed by atoms with Crippen molar-refractivity contribution in [3.63, 3.8) is 0 Å². The fourth-order valence-electron chi connectivity index (χ4n) is 2.62. The molecule has 1 aliphatic carbocycles. The molecule has 2 rings (SSSR count). The number of ketones is 1. The predicted octanol–water partition coefficient (Wildman–Crippen LogP) is 3.82. The van der Waals surface area contributed by atoms with Crippen LogP contribution >= 0.6 is 0 Å². The Balaban J connectivity index is 2.35. The van der Waals surface area contributed by atoms with Crippen LogP contribution in [0.3, 0.4) is 0 Å². The summed E-state index contributed by atoms with van der Waals surface area (Å²) in [6, 6.07) is 3.33. The second kappa shape index (κ2) is 4.36. The Morgan fingerprint density at radius 1 is 1.25 bits per heavy atom. The van der Waals surface area contributed by atoms with Crippen LogP contribution < -0.4 is 0 Å². The number of rotatable bonds is 2. The largest absolute Gasteiger partial charge is 0.294 e. The van der Waals surface area contributed by atoms with Gasteiger partial charge in [0.15, 0.2) is 5.78 Å². The van der Waals surface area contributed by atoms with E-state index in [4.69, 9.17) is 0 Å². The lowest BCUT2D eigenvalue weighted by Gasteiger charge is -2.12. The summed E-state index contributed by atoms with van der Waals surface area (Å²) in [5.41, 5.74) is 1.96. The summed E-state index contributed by atoms with van der Waals surface area (Å²) in [6.45, 7) is 3.66. The van der Waals surface area contributed by atoms with Crippen molar-refractivity contribution in [1.29, 1.82) is 0 Å². The Hall–Kier alpha value is -1.18. The zero-order valence-corrected chi connectivity index (χ0v) is 9.85. The lowest BCUT2D eigenvalue weighted by molar-refractivity contribution is 0.0918. The molecule has 1 nitrogen and oxygen atoms in total. The summed E-state index contributed by atoms with van der Waals surface area (Å²) < 4.78 is 13.8. The molecule has 1 aromatic rings. The quantitative estimate of drug-likeness (QED) is 0.692. The Labute approximate surface area is 95.7 Å². The normalized spacial score (nSPS) is 16.7. The number of carbonyl (C=O) groups is 1. The first kappa shape index (κ1) is 11.3. The molecule has 0 bridgehead atoms. The van der Waals surface area contributed by atoms with E-state index >= 15 is 0 Å². The van der Waals surface area contributed by atoms with Crippen LogP contribution in [-0.4, -0.2) is 5.78 Å². The zero-order chi connectivity index (χ0) is 11.7. The molecule has 0 aromatic heterocycles. The van der Waals surface area contributed by atoms with Crippen molar-refractivity contribution in [1.82, 2.24) is 0 Å². The molecule has 0 heterocycles. The molecule has 0 amide bonds. The van der Waals surface area contributed by atoms with Crippen molar-refractivity contribution >= 4 is 5.78 Å². The number of halogens is 1. The van der Waals surface area contributed by atoms with Crippen molar-refractivity contribution in [2.24, 2.45) is 5.92 Å². The fourth-order valence-corrected chi connectivity index (χ4v) is 2.62. The van der Waals surface area contributed by atoms with Gasteiger partial charge in [0.1, 0.15) is 5.82 Å². The molecule has 86 valence electrons. The highest BCUT2D eigenvalue weighted by Crippen LogP contribution is 2.30. The molecule has 0 N–H and O–H groups in total. The molecule has 1 fully saturated rings. The van der Waals surface area contributed by atoms with Crippen LogP contribution in [0.2, 0.25) is 0 Å². The zero-order valence-electron chi connectivity index (χ0n) is 9.85. The van der Waals surface area contributed by atoms with Gasteiger partial charge < -0.3 is 0 Å². The summed E-state index contributed by atoms with van der Waals surface area (Å²) in [6.07, 6.45) is 4.04. The summed E-state index contributed by atoms with van der Waals surface area (Å²) in [7, 11) is 0. The van der Waals surface area contributed by atoms with Crippen molar-refractivity contribution in [3.8, 4) is 0 Å². The third-order valence-electron chi connectivity index (χ3n) is 3.40. The maximum Gasteiger partial charge on any atom is 0.169 e. The monoisotopic (exact) mass is 220 g/mol. The molecule has 1 saturated carbocycles. The van der Waals surface area contributed by atoms with Gasteiger partial charge in [0, 0.05) is 5.92 Å². The fraction of sp³-hybridized carbons (Fsp3) is 0.500. The lowest BCUT2D eigenvalue weighted by atomic mass is 9.92. The molecule has 0 saturated heterocycles. The van der Waals surface area contributed by atoms with Gasteiger partial charge in [-0.2, -0.15) is 0 Å². The Kier molecular flexibility index (Phi) is 3.08. The number of aryl methyl sites for hydroxylation is 2. The van der Waals surface area contributed by atoms with E-state index in [2.05, 4.69) is 0 Å². The van der Waals surface area contributed by atoms with Gasteiger partial charge in [-0.3, -0.25) is 4.79 Å². The Morgan fingerprint density at radius 3 is 2.44 bits per heavy atom. The molecule has 0 atom stereocenters. The van der Waals surface area contributed by atoms with Gasteiger partial charge in [-0.15, -0.1) is 0 Å². The highest BCUT2D eigenvalue weighted by molar-refractivity contribution is 5.99. The van der Waals surface area contributed by atoms with Gasteiger partial charge in [-0.25, -0.2) is 4.39 Å². The summed E-state index contributed by atoms with van der Waals surface area (Å²) in [5.74, 6) is -0.294. The molecule has 0 unspecified atom stereocenters. The number of hydrogen-bond donors (Lipinski definition) is 0. The van der Waals surface area contributed by atoms with Crippen LogP contribution in [0.25, 0.3) is 0 Å². The van der Waals surface area contributed by atoms with Gasteiger partial charge in [0.2, 0.25) is 0 Å². The highest BCUT2D eigenvalue weighted by Gasteiger charge is 2.27. The van der Waals surface area contributed by atoms with E-state index in [0.29, 0.717) is 5.56 Å². The molecule has 0 radical (unpaired) electrons. The number of benzene rings is 1. The van der Waals surface area contributed by atoms with Gasteiger partial charge in [-0.05, 0) is 43.9 Å². The van der Waals surface area contributed by atoms with Crippen LogP contribution in [0.1, 0.15) is 47.2 Å². The smallest absolute Gasteiger partial charge is 0.169 e. The average Bonchev–Trinajstić information content (AvgIpc) is 2.67. The van der Waals surface area contributed by atoms with Gasteiger partial charge >= 0.3 is 0 Å². The van der Waals surface area contributed by atoms with Crippen LogP contribution in [0.15, 0.2) is 12.1 Å². The van der Waals surface area contributed by atoms with E-state index in [-0.39, 0.29) is 17.5 Å². The van der Waals surface area contributed by atoms with E-state index < -0.39 is 0 Å². The molecule has 0 aliphatic heterocycles. The molecule has 1 aromatic carbocycles. The average molecular weight is 220 g/mol. The Bertz CT molecular complexity index is 394. The minimum atomic E-state index is -0.352. The van der Waals surface area contributed by atoms with Crippen LogP contribution in [-0.2, 0) is 0 Å². The Morgan fingerprint density at radius 2 is 1.88 bits per heavy atom. The van der Waals surface area contributed by atoms with Crippen LogP contribution in [0, 0.1) is 25.6 Å². The predicted molar refractivity (Wildman–Crippen MR) is 62.2 cm³/mol. The van der Waals surface area contributed by atoms with E-state index in [1.54, 1.807) is 0 Å². The third kappa shape index (κ3) is 2.01. The first-order chi connectivity index (χ1) is 7.59. The number of hydrogen-bond acceptors (Lipinski definition) is 1. The van der Waals surface area contributed by atoms with Crippen LogP contribution in [0.5, 0.6) is 0 Å². The number of carbonyl (C=O) groups excluding carboxylic acids is 1. The second-order valence-corrected chi connectivity index (χ2v) is 4.78. The molecular weight excluding hydrogens is 203 g/mol. The van der Waals surface area contributed by atoms with Gasteiger partial charge in [0.05, 0.1) is 5.56 Å². The third-order valence-corrected chi connectivity index (χ3v) is 3.40. The minimum Gasteiger partial charge on any atom is -0.294 e. The molecule has 2 heteroatoms. The van der Waals surface area contributed by atoms with Crippen molar-refractivity contribution in [2.45, 2.75) is 39.5 Å². The maximum absolute atomic E-state index is 13.8. The topological polar surface area (TPSA) is 17.1 Å². The van der Waals surface area contributed by atoms with E-state index in [1.165, 1.54) is 6.07 Å². The summed E-state index contributed by atoms with van der Waals surface area (Å²) in [5, 5.41) is 0. The molecule has 1 aliphatic rings. The van der Waals surface area contributed by atoms with Crippen LogP contribution in [0.4, 0.5) is 4.39 Å². The van der Waals surface area contributed by atoms with Crippen molar-refractivity contribution in [2.75, 3.05) is 0 Å².